The van der Waals surface area contributed by atoms with Gasteiger partial charge in [0.1, 0.15) is 0 Å². The molecule has 0 saturated heterocycles. The molecule has 0 fully saturated rings. The molecular weight excluding hydrogens is 296 g/mol. The van der Waals surface area contributed by atoms with Gasteiger partial charge in [0.15, 0.2) is 0 Å². The number of hydrogen-bond donors (Lipinski definition) is 1. The van der Waals surface area contributed by atoms with E-state index in [0.717, 1.165) is 0 Å². The number of ether oxygens (including phenoxy) is 1. The number of sulfonamides is 1. The van der Waals surface area contributed by atoms with E-state index in [-0.39, 0.29) is 16.6 Å². The minimum atomic E-state index is -3.85. The quantitative estimate of drug-likeness (QED) is 0.657. The molecule has 2 rings (SSSR count). The lowest BCUT2D eigenvalue weighted by Gasteiger charge is -2.09. The predicted octanol–water partition coefficient (Wildman–Crippen LogP) is 1.25. The van der Waals surface area contributed by atoms with Gasteiger partial charge in [-0.2, -0.15) is 4.99 Å². The molecule has 8 nitrogen and oxygen atoms in total. The highest BCUT2D eigenvalue weighted by Crippen LogP contribution is 2.22. The average Bonchev–Trinajstić information content (AvgIpc) is 2.48. The van der Waals surface area contributed by atoms with Crippen LogP contribution >= 0.6 is 0 Å². The number of methoxy groups -OCH3 is 1. The Morgan fingerprint density at radius 1 is 1.19 bits per heavy atom. The summed E-state index contributed by atoms with van der Waals surface area (Å²) >= 11 is 0. The zero-order chi connectivity index (χ0) is 15.3. The van der Waals surface area contributed by atoms with Gasteiger partial charge < -0.3 is 4.74 Å². The smallest absolute Gasteiger partial charge is 0.263 e. The number of anilines is 1. The van der Waals surface area contributed by atoms with E-state index in [0.29, 0.717) is 5.69 Å². The van der Waals surface area contributed by atoms with E-state index in [1.807, 2.05) is 0 Å². The Kier molecular flexibility index (Phi) is 4.27. The first-order chi connectivity index (χ1) is 10.1. The SMILES string of the molecule is COc1nccnc1NS(=O)(=O)c1ccc(N=C=O)cc1. The molecule has 0 aliphatic heterocycles. The van der Waals surface area contributed by atoms with Crippen molar-refractivity contribution in [2.45, 2.75) is 4.90 Å². The second-order valence-corrected chi connectivity index (χ2v) is 5.40. The molecule has 0 aliphatic rings. The maximum absolute atomic E-state index is 12.2. The number of carbonyl (C=O) groups excluding carboxylic acids is 1. The number of rotatable bonds is 5. The zero-order valence-electron chi connectivity index (χ0n) is 10.8. The van der Waals surface area contributed by atoms with Crippen LogP contribution in [0.5, 0.6) is 5.88 Å². The predicted molar refractivity (Wildman–Crippen MR) is 73.6 cm³/mol. The molecular formula is C12H10N4O4S. The van der Waals surface area contributed by atoms with Crippen LogP contribution in [0, 0.1) is 0 Å². The molecule has 2 aromatic rings. The number of nitrogens with zero attached hydrogens (tertiary/aromatic N) is 3. The maximum Gasteiger partial charge on any atom is 0.263 e. The van der Waals surface area contributed by atoms with Crippen LogP contribution in [0.2, 0.25) is 0 Å². The molecule has 1 aromatic heterocycles. The van der Waals surface area contributed by atoms with E-state index in [1.165, 1.54) is 49.8 Å². The minimum absolute atomic E-state index is 0.0138. The van der Waals surface area contributed by atoms with Gasteiger partial charge in [-0.15, -0.1) is 0 Å². The minimum Gasteiger partial charge on any atom is -0.478 e. The van der Waals surface area contributed by atoms with Crippen LogP contribution in [0.25, 0.3) is 0 Å². The Hall–Kier alpha value is -2.77. The molecule has 0 atom stereocenters. The lowest BCUT2D eigenvalue weighted by molar-refractivity contribution is 0.398. The fourth-order valence-corrected chi connectivity index (χ4v) is 2.49. The lowest BCUT2D eigenvalue weighted by Crippen LogP contribution is -2.14. The van der Waals surface area contributed by atoms with Crippen LogP contribution in [0.15, 0.2) is 46.5 Å². The number of aromatic nitrogens is 2. The van der Waals surface area contributed by atoms with Gasteiger partial charge >= 0.3 is 0 Å². The monoisotopic (exact) mass is 306 g/mol. The van der Waals surface area contributed by atoms with Gasteiger partial charge in [0.05, 0.1) is 17.7 Å². The van der Waals surface area contributed by atoms with Gasteiger partial charge in [-0.3, -0.25) is 4.72 Å². The van der Waals surface area contributed by atoms with E-state index in [9.17, 15) is 13.2 Å². The molecule has 0 saturated carbocycles. The number of aliphatic imine (C=N–C) groups is 1. The van der Waals surface area contributed by atoms with Crippen LogP contribution in [-0.2, 0) is 14.8 Å². The van der Waals surface area contributed by atoms with Crippen molar-refractivity contribution in [3.63, 3.8) is 0 Å². The van der Waals surface area contributed by atoms with Gasteiger partial charge in [-0.25, -0.2) is 23.2 Å². The van der Waals surface area contributed by atoms with Crippen LogP contribution in [-0.4, -0.2) is 31.6 Å². The summed E-state index contributed by atoms with van der Waals surface area (Å²) in [6.07, 6.45) is 4.09. The van der Waals surface area contributed by atoms with Crippen LogP contribution < -0.4 is 9.46 Å². The fraction of sp³-hybridized carbons (Fsp3) is 0.0833. The molecule has 0 unspecified atom stereocenters. The Balaban J connectivity index is 2.31. The summed E-state index contributed by atoms with van der Waals surface area (Å²) in [5, 5.41) is 0. The van der Waals surface area contributed by atoms with Gasteiger partial charge in [-0.05, 0) is 24.3 Å². The fourth-order valence-electron chi connectivity index (χ4n) is 1.48. The van der Waals surface area contributed by atoms with Gasteiger partial charge in [-0.1, -0.05) is 0 Å². The topological polar surface area (TPSA) is 111 Å². The van der Waals surface area contributed by atoms with Crippen molar-refractivity contribution >= 4 is 27.6 Å². The molecule has 9 heteroatoms. The zero-order valence-corrected chi connectivity index (χ0v) is 11.7. The average molecular weight is 306 g/mol. The summed E-state index contributed by atoms with van der Waals surface area (Å²) in [6, 6.07) is 5.38. The van der Waals surface area contributed by atoms with E-state index in [2.05, 4.69) is 19.7 Å². The Bertz CT molecular complexity index is 783. The second-order valence-electron chi connectivity index (χ2n) is 3.72. The number of benzene rings is 1. The van der Waals surface area contributed by atoms with Crippen molar-refractivity contribution in [1.82, 2.24) is 9.97 Å². The highest BCUT2D eigenvalue weighted by molar-refractivity contribution is 7.92. The van der Waals surface area contributed by atoms with Crippen molar-refractivity contribution in [3.05, 3.63) is 36.7 Å². The third kappa shape index (κ3) is 3.41. The number of isocyanates is 1. The highest BCUT2D eigenvalue weighted by atomic mass is 32.2. The normalized spacial score (nSPS) is 10.5. The number of nitrogens with one attached hydrogen (secondary N) is 1. The van der Waals surface area contributed by atoms with E-state index < -0.39 is 10.0 Å². The van der Waals surface area contributed by atoms with Crippen molar-refractivity contribution in [1.29, 1.82) is 0 Å². The van der Waals surface area contributed by atoms with Crippen molar-refractivity contribution in [2.75, 3.05) is 11.8 Å². The summed E-state index contributed by atoms with van der Waals surface area (Å²) < 4.78 is 31.6. The van der Waals surface area contributed by atoms with E-state index in [4.69, 9.17) is 4.74 Å². The second kappa shape index (κ2) is 6.12. The molecule has 0 amide bonds. The Morgan fingerprint density at radius 2 is 1.86 bits per heavy atom. The van der Waals surface area contributed by atoms with E-state index >= 15 is 0 Å². The molecule has 1 aromatic carbocycles. The van der Waals surface area contributed by atoms with Gasteiger partial charge in [0.2, 0.25) is 11.9 Å². The summed E-state index contributed by atoms with van der Waals surface area (Å²) in [5.74, 6) is 0.0400. The standard InChI is InChI=1S/C12H10N4O4S/c1-20-12-11(13-6-7-14-12)16-21(18,19)10-4-2-9(3-5-10)15-8-17/h2-7H,1H3,(H,13,16). The van der Waals surface area contributed by atoms with Crippen LogP contribution in [0.4, 0.5) is 11.5 Å². The molecule has 108 valence electrons. The molecule has 1 heterocycles. The molecule has 1 N–H and O–H groups in total. The van der Waals surface area contributed by atoms with Crippen LogP contribution in [0.3, 0.4) is 0 Å². The first kappa shape index (κ1) is 14.6. The summed E-state index contributed by atoms with van der Waals surface area (Å²) in [4.78, 5) is 21.2. The van der Waals surface area contributed by atoms with Crippen molar-refractivity contribution in [3.8, 4) is 5.88 Å². The number of hydrogen-bond acceptors (Lipinski definition) is 7. The van der Waals surface area contributed by atoms with Gasteiger partial charge in [0.25, 0.3) is 15.9 Å². The first-order valence-electron chi connectivity index (χ1n) is 5.62. The summed E-state index contributed by atoms with van der Waals surface area (Å²) in [5.41, 5.74) is 0.307. The third-order valence-corrected chi connectivity index (χ3v) is 3.77. The van der Waals surface area contributed by atoms with Gasteiger partial charge in [0, 0.05) is 12.4 Å². The molecule has 0 bridgehead atoms. The third-order valence-electron chi connectivity index (χ3n) is 2.41. The highest BCUT2D eigenvalue weighted by Gasteiger charge is 2.17. The summed E-state index contributed by atoms with van der Waals surface area (Å²) in [6.45, 7) is 0. The van der Waals surface area contributed by atoms with Crippen molar-refractivity contribution < 1.29 is 17.9 Å². The largest absolute Gasteiger partial charge is 0.478 e. The van der Waals surface area contributed by atoms with E-state index in [1.54, 1.807) is 0 Å². The molecule has 0 aliphatic carbocycles. The Morgan fingerprint density at radius 3 is 2.48 bits per heavy atom. The molecule has 21 heavy (non-hydrogen) atoms. The Labute approximate surface area is 120 Å². The summed E-state index contributed by atoms with van der Waals surface area (Å²) in [7, 11) is -2.50. The van der Waals surface area contributed by atoms with Crippen LogP contribution in [0.1, 0.15) is 0 Å². The molecule has 0 spiro atoms. The first-order valence-corrected chi connectivity index (χ1v) is 7.11. The molecule has 0 radical (unpaired) electrons. The lowest BCUT2D eigenvalue weighted by atomic mass is 10.3. The van der Waals surface area contributed by atoms with Crippen molar-refractivity contribution in [2.24, 2.45) is 4.99 Å². The maximum atomic E-state index is 12.2.